The summed E-state index contributed by atoms with van der Waals surface area (Å²) in [5, 5.41) is 0.587. The lowest BCUT2D eigenvalue weighted by molar-refractivity contribution is 0.104. The number of ketones is 1. The van der Waals surface area contributed by atoms with Gasteiger partial charge in [-0.2, -0.15) is 0 Å². The Kier molecular flexibility index (Phi) is 5.87. The first-order chi connectivity index (χ1) is 14.0. The highest BCUT2D eigenvalue weighted by Crippen LogP contribution is 2.35. The van der Waals surface area contributed by atoms with Crippen molar-refractivity contribution in [3.8, 4) is 23.0 Å². The SMILES string of the molecule is COc1cc(OC)c(OC)cc1/C=C/C(=O)c1cc2cccc(OC)c2oc1=O. The molecule has 29 heavy (non-hydrogen) atoms. The molecule has 0 aliphatic rings. The number of carbonyl (C=O) groups is 1. The molecular weight excluding hydrogens is 376 g/mol. The first-order valence-electron chi connectivity index (χ1n) is 8.65. The number of benzene rings is 2. The molecule has 0 aliphatic carbocycles. The Hall–Kier alpha value is -3.74. The summed E-state index contributed by atoms with van der Waals surface area (Å²) in [4.78, 5) is 25.0. The van der Waals surface area contributed by atoms with Crippen LogP contribution >= 0.6 is 0 Å². The number of fused-ring (bicyclic) bond motifs is 1. The van der Waals surface area contributed by atoms with E-state index in [-0.39, 0.29) is 5.56 Å². The van der Waals surface area contributed by atoms with E-state index in [4.69, 9.17) is 23.4 Å². The zero-order valence-corrected chi connectivity index (χ0v) is 16.5. The largest absolute Gasteiger partial charge is 0.496 e. The first kappa shape index (κ1) is 20.0. The Balaban J connectivity index is 1.99. The molecule has 0 atom stereocenters. The number of carbonyl (C=O) groups excluding carboxylic acids is 1. The molecule has 0 spiro atoms. The van der Waals surface area contributed by atoms with Gasteiger partial charge in [0.05, 0.1) is 28.4 Å². The highest BCUT2D eigenvalue weighted by atomic mass is 16.5. The van der Waals surface area contributed by atoms with Crippen LogP contribution in [0.2, 0.25) is 0 Å². The zero-order valence-electron chi connectivity index (χ0n) is 16.5. The van der Waals surface area contributed by atoms with E-state index in [1.807, 2.05) is 0 Å². The van der Waals surface area contributed by atoms with E-state index in [2.05, 4.69) is 0 Å². The summed E-state index contributed by atoms with van der Waals surface area (Å²) in [5.41, 5.74) is 0.0600. The monoisotopic (exact) mass is 396 g/mol. The predicted molar refractivity (Wildman–Crippen MR) is 108 cm³/mol. The van der Waals surface area contributed by atoms with Crippen molar-refractivity contribution >= 4 is 22.8 Å². The minimum absolute atomic E-state index is 0.0820. The van der Waals surface area contributed by atoms with E-state index in [9.17, 15) is 9.59 Å². The summed E-state index contributed by atoms with van der Waals surface area (Å²) in [6.07, 6.45) is 2.82. The summed E-state index contributed by atoms with van der Waals surface area (Å²) in [6, 6.07) is 9.98. The summed E-state index contributed by atoms with van der Waals surface area (Å²) >= 11 is 0. The van der Waals surface area contributed by atoms with E-state index in [0.717, 1.165) is 0 Å². The molecule has 0 bridgehead atoms. The third-order valence-electron chi connectivity index (χ3n) is 4.36. The van der Waals surface area contributed by atoms with Crippen LogP contribution in [0.3, 0.4) is 0 Å². The molecule has 0 saturated heterocycles. The molecule has 0 saturated carbocycles. The lowest BCUT2D eigenvalue weighted by Gasteiger charge is -2.12. The molecule has 3 aromatic rings. The van der Waals surface area contributed by atoms with Gasteiger partial charge in [0.1, 0.15) is 11.3 Å². The molecule has 1 heterocycles. The first-order valence-corrected chi connectivity index (χ1v) is 8.65. The van der Waals surface area contributed by atoms with Crippen molar-refractivity contribution in [1.29, 1.82) is 0 Å². The van der Waals surface area contributed by atoms with Crippen molar-refractivity contribution in [1.82, 2.24) is 0 Å². The van der Waals surface area contributed by atoms with Crippen LogP contribution in [0.15, 0.2) is 51.7 Å². The molecule has 1 aromatic heterocycles. The Labute approximate surface area is 167 Å². The second kappa shape index (κ2) is 8.52. The molecule has 0 fully saturated rings. The predicted octanol–water partition coefficient (Wildman–Crippen LogP) is 3.72. The van der Waals surface area contributed by atoms with Crippen LogP contribution in [-0.4, -0.2) is 34.2 Å². The van der Waals surface area contributed by atoms with Crippen molar-refractivity contribution in [2.45, 2.75) is 0 Å². The van der Waals surface area contributed by atoms with Crippen molar-refractivity contribution < 1.29 is 28.2 Å². The van der Waals surface area contributed by atoms with Gasteiger partial charge >= 0.3 is 5.63 Å². The quantitative estimate of drug-likeness (QED) is 0.342. The van der Waals surface area contributed by atoms with Crippen LogP contribution in [0.5, 0.6) is 23.0 Å². The second-order valence-corrected chi connectivity index (χ2v) is 5.97. The minimum Gasteiger partial charge on any atom is -0.496 e. The van der Waals surface area contributed by atoms with Gasteiger partial charge in [0, 0.05) is 17.0 Å². The highest BCUT2D eigenvalue weighted by molar-refractivity contribution is 6.08. The van der Waals surface area contributed by atoms with Crippen LogP contribution in [-0.2, 0) is 0 Å². The topological polar surface area (TPSA) is 84.2 Å². The van der Waals surface area contributed by atoms with Crippen molar-refractivity contribution in [2.24, 2.45) is 0 Å². The molecule has 7 nitrogen and oxygen atoms in total. The van der Waals surface area contributed by atoms with Crippen LogP contribution < -0.4 is 24.6 Å². The Bertz CT molecular complexity index is 1140. The van der Waals surface area contributed by atoms with Crippen LogP contribution in [0.25, 0.3) is 17.0 Å². The number of para-hydroxylation sites is 1. The number of hydrogen-bond acceptors (Lipinski definition) is 7. The van der Waals surface area contributed by atoms with Crippen molar-refractivity contribution in [2.75, 3.05) is 28.4 Å². The maximum absolute atomic E-state index is 12.6. The molecule has 150 valence electrons. The van der Waals surface area contributed by atoms with Gasteiger partial charge in [0.25, 0.3) is 0 Å². The Morgan fingerprint density at radius 3 is 2.17 bits per heavy atom. The van der Waals surface area contributed by atoms with E-state index in [0.29, 0.717) is 39.5 Å². The molecule has 0 aliphatic heterocycles. The van der Waals surface area contributed by atoms with Gasteiger partial charge in [0.15, 0.2) is 28.6 Å². The Morgan fingerprint density at radius 1 is 0.862 bits per heavy atom. The zero-order chi connectivity index (χ0) is 21.0. The third-order valence-corrected chi connectivity index (χ3v) is 4.36. The van der Waals surface area contributed by atoms with Gasteiger partial charge in [-0.3, -0.25) is 4.79 Å². The van der Waals surface area contributed by atoms with E-state index < -0.39 is 11.4 Å². The Morgan fingerprint density at radius 2 is 1.52 bits per heavy atom. The fourth-order valence-corrected chi connectivity index (χ4v) is 2.89. The molecule has 0 unspecified atom stereocenters. The normalized spacial score (nSPS) is 10.9. The van der Waals surface area contributed by atoms with Gasteiger partial charge < -0.3 is 23.4 Å². The molecule has 2 aromatic carbocycles. The number of hydrogen-bond donors (Lipinski definition) is 0. The van der Waals surface area contributed by atoms with Gasteiger partial charge in [-0.1, -0.05) is 12.1 Å². The summed E-state index contributed by atoms with van der Waals surface area (Å²) in [7, 11) is 6.01. The van der Waals surface area contributed by atoms with Crippen LogP contribution in [0.1, 0.15) is 15.9 Å². The lowest BCUT2D eigenvalue weighted by atomic mass is 10.1. The fourth-order valence-electron chi connectivity index (χ4n) is 2.89. The standard InChI is InChI=1S/C22H20O7/c1-25-17-7-5-6-14-10-15(22(24)29-21(14)17)16(23)9-8-13-11-19(27-3)20(28-4)12-18(13)26-2/h5-12H,1-4H3/b9-8+. The van der Waals surface area contributed by atoms with Crippen LogP contribution in [0, 0.1) is 0 Å². The third kappa shape index (κ3) is 3.94. The summed E-state index contributed by atoms with van der Waals surface area (Å²) in [6.45, 7) is 0. The van der Waals surface area contributed by atoms with Crippen LogP contribution in [0.4, 0.5) is 0 Å². The average Bonchev–Trinajstić information content (AvgIpc) is 2.75. The van der Waals surface area contributed by atoms with Gasteiger partial charge in [-0.15, -0.1) is 0 Å². The molecule has 0 N–H and O–H groups in total. The number of allylic oxidation sites excluding steroid dienone is 1. The van der Waals surface area contributed by atoms with Gasteiger partial charge in [0.2, 0.25) is 0 Å². The maximum Gasteiger partial charge on any atom is 0.347 e. The second-order valence-electron chi connectivity index (χ2n) is 5.97. The molecular formula is C22H20O7. The highest BCUT2D eigenvalue weighted by Gasteiger charge is 2.15. The van der Waals surface area contributed by atoms with E-state index >= 15 is 0 Å². The molecule has 7 heteroatoms. The van der Waals surface area contributed by atoms with Gasteiger partial charge in [-0.25, -0.2) is 4.79 Å². The fraction of sp³-hybridized carbons (Fsp3) is 0.182. The molecule has 0 amide bonds. The number of methoxy groups -OCH3 is 4. The number of ether oxygens (including phenoxy) is 4. The summed E-state index contributed by atoms with van der Waals surface area (Å²) in [5.74, 6) is 1.39. The van der Waals surface area contributed by atoms with E-state index in [1.165, 1.54) is 40.6 Å². The maximum atomic E-state index is 12.6. The molecule has 3 rings (SSSR count). The van der Waals surface area contributed by atoms with Gasteiger partial charge in [-0.05, 0) is 30.4 Å². The average molecular weight is 396 g/mol. The van der Waals surface area contributed by atoms with Crippen molar-refractivity contribution in [3.63, 3.8) is 0 Å². The summed E-state index contributed by atoms with van der Waals surface area (Å²) < 4.78 is 26.4. The lowest BCUT2D eigenvalue weighted by Crippen LogP contribution is -2.12. The van der Waals surface area contributed by atoms with Crippen molar-refractivity contribution in [3.05, 3.63) is 64.0 Å². The minimum atomic E-state index is -0.740. The number of rotatable bonds is 7. The smallest absolute Gasteiger partial charge is 0.347 e. The molecule has 0 radical (unpaired) electrons. The van der Waals surface area contributed by atoms with E-state index in [1.54, 1.807) is 36.4 Å².